The Hall–Kier alpha value is -2.40. The quantitative estimate of drug-likeness (QED) is 0.919. The topological polar surface area (TPSA) is 68.7 Å². The van der Waals surface area contributed by atoms with Gasteiger partial charge in [0.2, 0.25) is 0 Å². The zero-order valence-corrected chi connectivity index (χ0v) is 12.8. The van der Waals surface area contributed by atoms with Crippen LogP contribution in [0.5, 0.6) is 5.75 Å². The van der Waals surface area contributed by atoms with Gasteiger partial charge in [0.05, 0.1) is 5.41 Å². The lowest BCUT2D eigenvalue weighted by atomic mass is 9.74. The number of nitrogens with zero attached hydrogens (tertiary/aromatic N) is 1. The van der Waals surface area contributed by atoms with Crippen LogP contribution in [0.25, 0.3) is 0 Å². The third-order valence-electron chi connectivity index (χ3n) is 4.29. The van der Waals surface area contributed by atoms with E-state index in [0.717, 1.165) is 11.1 Å². The molecule has 23 heavy (non-hydrogen) atoms. The summed E-state index contributed by atoms with van der Waals surface area (Å²) in [5, 5.41) is 9.67. The lowest BCUT2D eigenvalue weighted by molar-refractivity contribution is -0.147. The molecule has 0 aliphatic carbocycles. The fraction of sp³-hybridized carbons (Fsp3) is 0.333. The van der Waals surface area contributed by atoms with Crippen LogP contribution in [0.3, 0.4) is 0 Å². The van der Waals surface area contributed by atoms with E-state index in [1.165, 1.54) is 0 Å². The zero-order valence-electron chi connectivity index (χ0n) is 12.8. The molecule has 1 aromatic carbocycles. The third kappa shape index (κ3) is 3.35. The third-order valence-corrected chi connectivity index (χ3v) is 4.29. The second-order valence-corrected chi connectivity index (χ2v) is 5.67. The van der Waals surface area contributed by atoms with Crippen molar-refractivity contribution in [1.29, 1.82) is 0 Å². The molecule has 0 atom stereocenters. The van der Waals surface area contributed by atoms with Gasteiger partial charge in [-0.3, -0.25) is 9.78 Å². The van der Waals surface area contributed by atoms with Gasteiger partial charge in [0, 0.05) is 31.2 Å². The molecule has 0 unspecified atom stereocenters. The number of aromatic nitrogens is 1. The molecule has 0 spiro atoms. The highest BCUT2D eigenvalue weighted by Gasteiger charge is 2.41. The molecule has 3 rings (SSSR count). The lowest BCUT2D eigenvalue weighted by Crippen LogP contribution is -2.41. The SMILES string of the molecule is O=C(O)C1(c2ccc(OCc3cccnc3)cc2)CCOCC1. The molecular formula is C18H19NO4. The smallest absolute Gasteiger partial charge is 0.314 e. The van der Waals surface area contributed by atoms with Crippen LogP contribution in [0.15, 0.2) is 48.8 Å². The molecule has 2 heterocycles. The van der Waals surface area contributed by atoms with Crippen LogP contribution in [0, 0.1) is 0 Å². The van der Waals surface area contributed by atoms with Crippen molar-refractivity contribution in [3.05, 3.63) is 59.9 Å². The summed E-state index contributed by atoms with van der Waals surface area (Å²) in [7, 11) is 0. The number of hydrogen-bond donors (Lipinski definition) is 1. The first-order chi connectivity index (χ1) is 11.2. The summed E-state index contributed by atoms with van der Waals surface area (Å²) in [5.41, 5.74) is 0.949. The van der Waals surface area contributed by atoms with E-state index in [4.69, 9.17) is 9.47 Å². The summed E-state index contributed by atoms with van der Waals surface area (Å²) in [6.45, 7) is 1.39. The predicted molar refractivity (Wildman–Crippen MR) is 84.4 cm³/mol. The summed E-state index contributed by atoms with van der Waals surface area (Å²) in [6, 6.07) is 11.2. The van der Waals surface area contributed by atoms with Crippen LogP contribution < -0.4 is 4.74 Å². The van der Waals surface area contributed by atoms with Crippen molar-refractivity contribution in [2.24, 2.45) is 0 Å². The number of carbonyl (C=O) groups is 1. The Kier molecular flexibility index (Phi) is 4.57. The van der Waals surface area contributed by atoms with Crippen LogP contribution in [0.2, 0.25) is 0 Å². The van der Waals surface area contributed by atoms with Gasteiger partial charge in [-0.1, -0.05) is 18.2 Å². The molecular weight excluding hydrogens is 294 g/mol. The van der Waals surface area contributed by atoms with Crippen molar-refractivity contribution >= 4 is 5.97 Å². The molecule has 0 amide bonds. The van der Waals surface area contributed by atoms with E-state index in [1.807, 2.05) is 36.4 Å². The Labute approximate surface area is 134 Å². The van der Waals surface area contributed by atoms with Gasteiger partial charge < -0.3 is 14.6 Å². The molecule has 5 heteroatoms. The number of rotatable bonds is 5. The van der Waals surface area contributed by atoms with E-state index in [1.54, 1.807) is 12.4 Å². The molecule has 5 nitrogen and oxygen atoms in total. The van der Waals surface area contributed by atoms with Gasteiger partial charge in [-0.15, -0.1) is 0 Å². The fourth-order valence-electron chi connectivity index (χ4n) is 2.87. The minimum Gasteiger partial charge on any atom is -0.489 e. The number of ether oxygens (including phenoxy) is 2. The van der Waals surface area contributed by atoms with Crippen LogP contribution in [0.4, 0.5) is 0 Å². The summed E-state index contributed by atoms with van der Waals surface area (Å²) < 4.78 is 11.0. The Morgan fingerprint density at radius 3 is 2.57 bits per heavy atom. The molecule has 0 radical (unpaired) electrons. The van der Waals surface area contributed by atoms with Gasteiger partial charge in [0.1, 0.15) is 12.4 Å². The first kappa shape index (κ1) is 15.5. The predicted octanol–water partition coefficient (Wildman–Crippen LogP) is 2.79. The normalized spacial score (nSPS) is 16.7. The average Bonchev–Trinajstić information content (AvgIpc) is 2.62. The number of carboxylic acids is 1. The van der Waals surface area contributed by atoms with Gasteiger partial charge in [0.25, 0.3) is 0 Å². The molecule has 1 aliphatic rings. The summed E-state index contributed by atoms with van der Waals surface area (Å²) in [5.74, 6) is -0.0740. The molecule has 120 valence electrons. The second-order valence-electron chi connectivity index (χ2n) is 5.67. The molecule has 1 fully saturated rings. The van der Waals surface area contributed by atoms with E-state index in [2.05, 4.69) is 4.98 Å². The minimum absolute atomic E-state index is 0.436. The fourth-order valence-corrected chi connectivity index (χ4v) is 2.87. The maximum Gasteiger partial charge on any atom is 0.314 e. The van der Waals surface area contributed by atoms with E-state index in [-0.39, 0.29) is 0 Å². The van der Waals surface area contributed by atoms with Crippen molar-refractivity contribution in [2.45, 2.75) is 24.9 Å². The molecule has 1 aliphatic heterocycles. The van der Waals surface area contributed by atoms with Crippen molar-refractivity contribution in [3.63, 3.8) is 0 Å². The first-order valence-corrected chi connectivity index (χ1v) is 7.64. The Bertz CT molecular complexity index is 648. The Morgan fingerprint density at radius 1 is 1.22 bits per heavy atom. The largest absolute Gasteiger partial charge is 0.489 e. The Morgan fingerprint density at radius 2 is 1.96 bits per heavy atom. The van der Waals surface area contributed by atoms with Crippen LogP contribution in [0.1, 0.15) is 24.0 Å². The molecule has 1 N–H and O–H groups in total. The van der Waals surface area contributed by atoms with Crippen molar-refractivity contribution in [3.8, 4) is 5.75 Å². The van der Waals surface area contributed by atoms with Crippen LogP contribution in [-0.2, 0) is 21.6 Å². The lowest BCUT2D eigenvalue weighted by Gasteiger charge is -2.33. The number of carboxylic acid groups (broad SMARTS) is 1. The maximum atomic E-state index is 11.8. The summed E-state index contributed by atoms with van der Waals surface area (Å²) >= 11 is 0. The highest BCUT2D eigenvalue weighted by molar-refractivity contribution is 5.81. The van der Waals surface area contributed by atoms with Crippen molar-refractivity contribution in [1.82, 2.24) is 4.98 Å². The van der Waals surface area contributed by atoms with E-state index in [9.17, 15) is 9.90 Å². The van der Waals surface area contributed by atoms with Gasteiger partial charge in [-0.05, 0) is 36.6 Å². The molecule has 2 aromatic rings. The van der Waals surface area contributed by atoms with Gasteiger partial charge >= 0.3 is 5.97 Å². The summed E-state index contributed by atoms with van der Waals surface area (Å²) in [4.78, 5) is 15.8. The van der Waals surface area contributed by atoms with Crippen molar-refractivity contribution in [2.75, 3.05) is 13.2 Å². The van der Waals surface area contributed by atoms with Crippen LogP contribution >= 0.6 is 0 Å². The van der Waals surface area contributed by atoms with Gasteiger partial charge in [-0.2, -0.15) is 0 Å². The molecule has 0 saturated carbocycles. The highest BCUT2D eigenvalue weighted by atomic mass is 16.5. The van der Waals surface area contributed by atoms with Crippen LogP contribution in [-0.4, -0.2) is 29.3 Å². The highest BCUT2D eigenvalue weighted by Crippen LogP contribution is 2.36. The number of benzene rings is 1. The maximum absolute atomic E-state index is 11.8. The van der Waals surface area contributed by atoms with E-state index < -0.39 is 11.4 Å². The van der Waals surface area contributed by atoms with Gasteiger partial charge in [-0.25, -0.2) is 0 Å². The average molecular weight is 313 g/mol. The van der Waals surface area contributed by atoms with E-state index >= 15 is 0 Å². The first-order valence-electron chi connectivity index (χ1n) is 7.64. The monoisotopic (exact) mass is 313 g/mol. The standard InChI is InChI=1S/C18H19NO4/c20-17(21)18(7-10-22-11-8-18)15-3-5-16(6-4-15)23-13-14-2-1-9-19-12-14/h1-6,9,12H,7-8,10-11,13H2,(H,20,21). The second kappa shape index (κ2) is 6.79. The zero-order chi connectivity index (χ0) is 16.1. The minimum atomic E-state index is -0.847. The van der Waals surface area contributed by atoms with E-state index in [0.29, 0.717) is 38.4 Å². The summed E-state index contributed by atoms with van der Waals surface area (Å²) in [6.07, 6.45) is 4.48. The number of pyridine rings is 1. The molecule has 0 bridgehead atoms. The Balaban J connectivity index is 1.72. The number of aliphatic carboxylic acids is 1. The number of hydrogen-bond acceptors (Lipinski definition) is 4. The molecule has 1 saturated heterocycles. The van der Waals surface area contributed by atoms with Gasteiger partial charge in [0.15, 0.2) is 0 Å². The van der Waals surface area contributed by atoms with Crippen molar-refractivity contribution < 1.29 is 19.4 Å². The molecule has 1 aromatic heterocycles.